The van der Waals surface area contributed by atoms with Gasteiger partial charge in [-0.3, -0.25) is 9.78 Å². The van der Waals surface area contributed by atoms with Crippen molar-refractivity contribution in [3.05, 3.63) is 77.7 Å². The number of anilines is 1. The summed E-state index contributed by atoms with van der Waals surface area (Å²) in [6.07, 6.45) is 4.10. The van der Waals surface area contributed by atoms with Crippen molar-refractivity contribution in [3.63, 3.8) is 0 Å². The Hall–Kier alpha value is -3.61. The van der Waals surface area contributed by atoms with Crippen molar-refractivity contribution in [2.75, 3.05) is 26.1 Å². The Labute approximate surface area is 170 Å². The summed E-state index contributed by atoms with van der Waals surface area (Å²) in [5, 5.41) is 6.12. The molecule has 0 aliphatic carbocycles. The third-order valence-electron chi connectivity index (χ3n) is 4.35. The van der Waals surface area contributed by atoms with Crippen LogP contribution in [0, 0.1) is 0 Å². The molecule has 1 aromatic carbocycles. The average Bonchev–Trinajstić information content (AvgIpc) is 2.78. The minimum absolute atomic E-state index is 0.166. The van der Waals surface area contributed by atoms with Gasteiger partial charge in [0, 0.05) is 24.5 Å². The first-order valence-electron chi connectivity index (χ1n) is 9.28. The zero-order valence-corrected chi connectivity index (χ0v) is 16.5. The normalized spacial score (nSPS) is 10.3. The first kappa shape index (κ1) is 20.1. The molecule has 29 heavy (non-hydrogen) atoms. The number of carbonyl (C=O) groups excluding carboxylic acids is 1. The second kappa shape index (κ2) is 10.1. The van der Waals surface area contributed by atoms with Gasteiger partial charge in [-0.05, 0) is 48.4 Å². The van der Waals surface area contributed by atoms with Crippen LogP contribution in [0.4, 0.5) is 5.82 Å². The standard InChI is InChI=1S/C22H24N4O3/c1-28-19-7-6-16(13-20(19)29-2)8-11-24-21-14-17(9-12-25-21)22(27)26-15-18-5-3-4-10-23-18/h3-7,9-10,12-14H,8,11,15H2,1-2H3,(H,24,25)(H,26,27). The van der Waals surface area contributed by atoms with Gasteiger partial charge < -0.3 is 20.1 Å². The summed E-state index contributed by atoms with van der Waals surface area (Å²) in [5.74, 6) is 1.89. The van der Waals surface area contributed by atoms with Crippen LogP contribution < -0.4 is 20.1 Å². The molecule has 0 saturated heterocycles. The van der Waals surface area contributed by atoms with Gasteiger partial charge in [-0.15, -0.1) is 0 Å². The number of benzene rings is 1. The molecule has 1 amide bonds. The Morgan fingerprint density at radius 1 is 0.966 bits per heavy atom. The second-order valence-electron chi connectivity index (χ2n) is 6.30. The highest BCUT2D eigenvalue weighted by Crippen LogP contribution is 2.27. The molecule has 7 heteroatoms. The van der Waals surface area contributed by atoms with Crippen molar-refractivity contribution >= 4 is 11.7 Å². The van der Waals surface area contributed by atoms with Crippen molar-refractivity contribution in [3.8, 4) is 11.5 Å². The molecule has 0 saturated carbocycles. The van der Waals surface area contributed by atoms with E-state index in [1.165, 1.54) is 0 Å². The number of ether oxygens (including phenoxy) is 2. The molecule has 0 bridgehead atoms. The Morgan fingerprint density at radius 3 is 2.59 bits per heavy atom. The third-order valence-corrected chi connectivity index (χ3v) is 4.35. The second-order valence-corrected chi connectivity index (χ2v) is 6.30. The molecule has 3 rings (SSSR count). The summed E-state index contributed by atoms with van der Waals surface area (Å²) in [7, 11) is 3.23. The minimum atomic E-state index is -0.166. The van der Waals surface area contributed by atoms with Crippen molar-refractivity contribution in [2.24, 2.45) is 0 Å². The van der Waals surface area contributed by atoms with Gasteiger partial charge in [0.2, 0.25) is 0 Å². The predicted molar refractivity (Wildman–Crippen MR) is 111 cm³/mol. The molecule has 2 heterocycles. The van der Waals surface area contributed by atoms with Gasteiger partial charge in [-0.1, -0.05) is 12.1 Å². The molecule has 0 atom stereocenters. The van der Waals surface area contributed by atoms with Crippen molar-refractivity contribution in [2.45, 2.75) is 13.0 Å². The van der Waals surface area contributed by atoms with Crippen LogP contribution in [0.3, 0.4) is 0 Å². The molecule has 0 fully saturated rings. The largest absolute Gasteiger partial charge is 0.493 e. The molecule has 0 aliphatic rings. The van der Waals surface area contributed by atoms with E-state index in [-0.39, 0.29) is 5.91 Å². The number of carbonyl (C=O) groups is 1. The van der Waals surface area contributed by atoms with E-state index >= 15 is 0 Å². The number of nitrogens with one attached hydrogen (secondary N) is 2. The number of rotatable bonds is 9. The van der Waals surface area contributed by atoms with Gasteiger partial charge >= 0.3 is 0 Å². The fourth-order valence-corrected chi connectivity index (χ4v) is 2.82. The maximum atomic E-state index is 12.4. The van der Waals surface area contributed by atoms with Crippen molar-refractivity contribution in [1.29, 1.82) is 0 Å². The first-order valence-corrected chi connectivity index (χ1v) is 9.28. The highest BCUT2D eigenvalue weighted by atomic mass is 16.5. The van der Waals surface area contributed by atoms with E-state index in [9.17, 15) is 4.79 Å². The number of aromatic nitrogens is 2. The fraction of sp³-hybridized carbons (Fsp3) is 0.227. The number of nitrogens with zero attached hydrogens (tertiary/aromatic N) is 2. The Kier molecular flexibility index (Phi) is 7.00. The molecule has 0 unspecified atom stereocenters. The lowest BCUT2D eigenvalue weighted by Gasteiger charge is -2.11. The average molecular weight is 392 g/mol. The predicted octanol–water partition coefficient (Wildman–Crippen LogP) is 3.08. The van der Waals surface area contributed by atoms with Gasteiger partial charge in [-0.25, -0.2) is 4.98 Å². The number of hydrogen-bond donors (Lipinski definition) is 2. The SMILES string of the molecule is COc1ccc(CCNc2cc(C(=O)NCc3ccccn3)ccn2)cc1OC. The van der Waals surface area contributed by atoms with Crippen LogP contribution in [0.15, 0.2) is 60.9 Å². The molecule has 150 valence electrons. The lowest BCUT2D eigenvalue weighted by molar-refractivity contribution is 0.0950. The quantitative estimate of drug-likeness (QED) is 0.582. The van der Waals surface area contributed by atoms with Crippen LogP contribution in [0.1, 0.15) is 21.6 Å². The smallest absolute Gasteiger partial charge is 0.251 e. The van der Waals surface area contributed by atoms with E-state index in [2.05, 4.69) is 20.6 Å². The monoisotopic (exact) mass is 392 g/mol. The van der Waals surface area contributed by atoms with E-state index in [0.29, 0.717) is 36.0 Å². The number of methoxy groups -OCH3 is 2. The van der Waals surface area contributed by atoms with E-state index < -0.39 is 0 Å². The van der Waals surface area contributed by atoms with E-state index in [4.69, 9.17) is 9.47 Å². The minimum Gasteiger partial charge on any atom is -0.493 e. The van der Waals surface area contributed by atoms with Crippen molar-refractivity contribution in [1.82, 2.24) is 15.3 Å². The molecular formula is C22H24N4O3. The number of amides is 1. The summed E-state index contributed by atoms with van der Waals surface area (Å²) in [6.45, 7) is 1.05. The maximum Gasteiger partial charge on any atom is 0.251 e. The molecule has 3 aromatic rings. The Balaban J connectivity index is 1.54. The van der Waals surface area contributed by atoms with E-state index in [1.54, 1.807) is 38.7 Å². The molecule has 2 aromatic heterocycles. The maximum absolute atomic E-state index is 12.4. The van der Waals surface area contributed by atoms with Gasteiger partial charge in [-0.2, -0.15) is 0 Å². The number of hydrogen-bond acceptors (Lipinski definition) is 6. The van der Waals surface area contributed by atoms with Crippen LogP contribution in [-0.2, 0) is 13.0 Å². The lowest BCUT2D eigenvalue weighted by Crippen LogP contribution is -2.23. The molecular weight excluding hydrogens is 368 g/mol. The summed E-state index contributed by atoms with van der Waals surface area (Å²) in [4.78, 5) is 20.9. The van der Waals surface area contributed by atoms with Crippen LogP contribution in [-0.4, -0.2) is 36.6 Å². The van der Waals surface area contributed by atoms with Gasteiger partial charge in [0.25, 0.3) is 5.91 Å². The zero-order valence-electron chi connectivity index (χ0n) is 16.5. The summed E-state index contributed by atoms with van der Waals surface area (Å²) >= 11 is 0. The third kappa shape index (κ3) is 5.68. The van der Waals surface area contributed by atoms with Crippen LogP contribution in [0.5, 0.6) is 11.5 Å². The molecule has 7 nitrogen and oxygen atoms in total. The molecule has 0 spiro atoms. The lowest BCUT2D eigenvalue weighted by atomic mass is 10.1. The zero-order chi connectivity index (χ0) is 20.5. The van der Waals surface area contributed by atoms with Gasteiger partial charge in [0.1, 0.15) is 5.82 Å². The number of pyridine rings is 2. The van der Waals surface area contributed by atoms with Crippen molar-refractivity contribution < 1.29 is 14.3 Å². The van der Waals surface area contributed by atoms with Crippen LogP contribution in [0.25, 0.3) is 0 Å². The van der Waals surface area contributed by atoms with Gasteiger partial charge in [0.15, 0.2) is 11.5 Å². The summed E-state index contributed by atoms with van der Waals surface area (Å²) < 4.78 is 10.6. The van der Waals surface area contributed by atoms with Gasteiger partial charge in [0.05, 0.1) is 26.5 Å². The molecule has 0 aliphatic heterocycles. The molecule has 0 radical (unpaired) electrons. The Morgan fingerprint density at radius 2 is 1.83 bits per heavy atom. The first-order chi connectivity index (χ1) is 14.2. The highest BCUT2D eigenvalue weighted by molar-refractivity contribution is 5.94. The van der Waals surface area contributed by atoms with Crippen LogP contribution >= 0.6 is 0 Å². The fourth-order valence-electron chi connectivity index (χ4n) is 2.82. The molecule has 2 N–H and O–H groups in total. The van der Waals surface area contributed by atoms with E-state index in [0.717, 1.165) is 17.7 Å². The van der Waals surface area contributed by atoms with E-state index in [1.807, 2.05) is 36.4 Å². The Bertz CT molecular complexity index is 948. The summed E-state index contributed by atoms with van der Waals surface area (Å²) in [5.41, 5.74) is 2.46. The van der Waals surface area contributed by atoms with Crippen LogP contribution in [0.2, 0.25) is 0 Å². The highest BCUT2D eigenvalue weighted by Gasteiger charge is 2.08. The topological polar surface area (TPSA) is 85.4 Å². The summed E-state index contributed by atoms with van der Waals surface area (Å²) in [6, 6.07) is 14.9.